The lowest BCUT2D eigenvalue weighted by molar-refractivity contribution is -0.134. The van der Waals surface area contributed by atoms with Crippen LogP contribution in [0.3, 0.4) is 0 Å². The van der Waals surface area contributed by atoms with Crippen molar-refractivity contribution in [3.05, 3.63) is 89.9 Å². The SMILES string of the molecule is COc1ccc(C2=NN(C(=O)CN3CC=C(c4ccc(O)cc4)CC3)C(c3ccco3)C2)cc1. The highest BCUT2D eigenvalue weighted by atomic mass is 16.5. The molecule has 2 aliphatic heterocycles. The normalized spacial score (nSPS) is 18.5. The Kier molecular flexibility index (Phi) is 6.18. The van der Waals surface area contributed by atoms with Crippen LogP contribution in [0.2, 0.25) is 0 Å². The molecule has 1 atom stereocenters. The molecule has 5 rings (SSSR count). The van der Waals surface area contributed by atoms with Crippen molar-refractivity contribution < 1.29 is 19.1 Å². The van der Waals surface area contributed by atoms with Crippen LogP contribution >= 0.6 is 0 Å². The molecule has 0 fully saturated rings. The molecule has 0 aliphatic carbocycles. The summed E-state index contributed by atoms with van der Waals surface area (Å²) in [5.74, 6) is 1.72. The molecule has 3 aromatic rings. The number of hydrogen-bond acceptors (Lipinski definition) is 6. The molecule has 2 aromatic carbocycles. The second-order valence-corrected chi connectivity index (χ2v) is 8.51. The van der Waals surface area contributed by atoms with Crippen LogP contribution in [-0.2, 0) is 4.79 Å². The maximum atomic E-state index is 13.4. The summed E-state index contributed by atoms with van der Waals surface area (Å²) in [5, 5.41) is 15.8. The molecule has 0 bridgehead atoms. The molecule has 1 aromatic heterocycles. The van der Waals surface area contributed by atoms with Crippen LogP contribution in [0.15, 0.2) is 82.5 Å². The predicted molar refractivity (Wildman–Crippen MR) is 130 cm³/mol. The average Bonchev–Trinajstić information content (AvgIpc) is 3.55. The van der Waals surface area contributed by atoms with E-state index in [0.29, 0.717) is 13.0 Å². The standard InChI is InChI=1S/C27H27N3O4/c1-33-23-10-6-21(7-11-23)24-17-25(26-3-2-16-34-26)30(28-24)27(32)18-29-14-12-20(13-15-29)19-4-8-22(31)9-5-19/h2-12,16,25,31H,13-15,17-18H2,1H3. The first-order valence-corrected chi connectivity index (χ1v) is 11.4. The number of nitrogens with zero attached hydrogens (tertiary/aromatic N) is 3. The highest BCUT2D eigenvalue weighted by Crippen LogP contribution is 2.34. The fraction of sp³-hybridized carbons (Fsp3) is 0.259. The summed E-state index contributed by atoms with van der Waals surface area (Å²) in [6.07, 6.45) is 5.23. The van der Waals surface area contributed by atoms with E-state index >= 15 is 0 Å². The number of aromatic hydroxyl groups is 1. The number of methoxy groups -OCH3 is 1. The lowest BCUT2D eigenvalue weighted by atomic mass is 9.99. The highest BCUT2D eigenvalue weighted by molar-refractivity contribution is 6.03. The Labute approximate surface area is 198 Å². The minimum Gasteiger partial charge on any atom is -0.508 e. The van der Waals surface area contributed by atoms with E-state index in [1.165, 1.54) is 5.57 Å². The van der Waals surface area contributed by atoms with Crippen molar-refractivity contribution in [1.29, 1.82) is 0 Å². The Morgan fingerprint density at radius 3 is 2.53 bits per heavy atom. The van der Waals surface area contributed by atoms with Crippen molar-refractivity contribution in [3.8, 4) is 11.5 Å². The maximum Gasteiger partial charge on any atom is 0.257 e. The Hall–Kier alpha value is -3.84. The first kappa shape index (κ1) is 22.0. The molecule has 1 N–H and O–H groups in total. The average molecular weight is 458 g/mol. The largest absolute Gasteiger partial charge is 0.508 e. The molecule has 34 heavy (non-hydrogen) atoms. The van der Waals surface area contributed by atoms with Crippen molar-refractivity contribution in [1.82, 2.24) is 9.91 Å². The number of hydrogen-bond donors (Lipinski definition) is 1. The minimum absolute atomic E-state index is 0.0496. The second-order valence-electron chi connectivity index (χ2n) is 8.51. The number of ether oxygens (including phenoxy) is 1. The summed E-state index contributed by atoms with van der Waals surface area (Å²) < 4.78 is 10.9. The van der Waals surface area contributed by atoms with Gasteiger partial charge in [0.15, 0.2) is 0 Å². The fourth-order valence-corrected chi connectivity index (χ4v) is 4.46. The van der Waals surface area contributed by atoms with Gasteiger partial charge in [0.2, 0.25) is 0 Å². The van der Waals surface area contributed by atoms with Gasteiger partial charge in [-0.1, -0.05) is 18.2 Å². The van der Waals surface area contributed by atoms with E-state index in [0.717, 1.165) is 41.3 Å². The van der Waals surface area contributed by atoms with E-state index in [2.05, 4.69) is 11.0 Å². The molecule has 1 amide bonds. The molecule has 0 saturated carbocycles. The quantitative estimate of drug-likeness (QED) is 0.591. The molecular weight excluding hydrogens is 430 g/mol. The van der Waals surface area contributed by atoms with E-state index in [4.69, 9.17) is 14.3 Å². The molecule has 0 radical (unpaired) electrons. The first-order chi connectivity index (χ1) is 16.6. The lowest BCUT2D eigenvalue weighted by Gasteiger charge is -2.28. The van der Waals surface area contributed by atoms with E-state index in [1.807, 2.05) is 48.5 Å². The zero-order valence-electron chi connectivity index (χ0n) is 19.1. The molecule has 0 saturated heterocycles. The molecule has 1 unspecified atom stereocenters. The highest BCUT2D eigenvalue weighted by Gasteiger charge is 2.35. The number of furan rings is 1. The summed E-state index contributed by atoms with van der Waals surface area (Å²) >= 11 is 0. The molecule has 0 spiro atoms. The van der Waals surface area contributed by atoms with Crippen molar-refractivity contribution in [2.24, 2.45) is 5.10 Å². The van der Waals surface area contributed by atoms with Gasteiger partial charge in [-0.25, -0.2) is 5.01 Å². The van der Waals surface area contributed by atoms with E-state index in [1.54, 1.807) is 30.5 Å². The van der Waals surface area contributed by atoms with Crippen molar-refractivity contribution in [2.75, 3.05) is 26.7 Å². The minimum atomic E-state index is -0.257. The van der Waals surface area contributed by atoms with Crippen LogP contribution in [0.4, 0.5) is 0 Å². The van der Waals surface area contributed by atoms with Crippen LogP contribution in [-0.4, -0.2) is 53.4 Å². The molecule has 3 heterocycles. The van der Waals surface area contributed by atoms with Crippen LogP contribution < -0.4 is 4.74 Å². The number of hydrazone groups is 1. The maximum absolute atomic E-state index is 13.4. The number of benzene rings is 2. The Balaban J connectivity index is 1.30. The van der Waals surface area contributed by atoms with Crippen LogP contribution in [0.5, 0.6) is 11.5 Å². The van der Waals surface area contributed by atoms with Crippen molar-refractivity contribution in [2.45, 2.75) is 18.9 Å². The third-order valence-electron chi connectivity index (χ3n) is 6.35. The number of phenols is 1. The fourth-order valence-electron chi connectivity index (χ4n) is 4.46. The van der Waals surface area contributed by atoms with Gasteiger partial charge < -0.3 is 14.3 Å². The van der Waals surface area contributed by atoms with Gasteiger partial charge in [-0.2, -0.15) is 5.10 Å². The van der Waals surface area contributed by atoms with E-state index < -0.39 is 0 Å². The zero-order valence-corrected chi connectivity index (χ0v) is 19.1. The van der Waals surface area contributed by atoms with Gasteiger partial charge in [0.05, 0.1) is 25.6 Å². The molecule has 7 nitrogen and oxygen atoms in total. The zero-order chi connectivity index (χ0) is 23.5. The van der Waals surface area contributed by atoms with Crippen LogP contribution in [0, 0.1) is 0 Å². The van der Waals surface area contributed by atoms with Crippen LogP contribution in [0.25, 0.3) is 5.57 Å². The summed E-state index contributed by atoms with van der Waals surface area (Å²) in [6, 6.07) is 18.5. The topological polar surface area (TPSA) is 78.5 Å². The van der Waals surface area contributed by atoms with Gasteiger partial charge in [0, 0.05) is 19.5 Å². The summed E-state index contributed by atoms with van der Waals surface area (Å²) in [7, 11) is 1.64. The third-order valence-corrected chi connectivity index (χ3v) is 6.35. The summed E-state index contributed by atoms with van der Waals surface area (Å²) in [5.41, 5.74) is 4.16. The molecule has 7 heteroatoms. The van der Waals surface area contributed by atoms with Crippen molar-refractivity contribution >= 4 is 17.2 Å². The van der Waals surface area contributed by atoms with Gasteiger partial charge in [-0.15, -0.1) is 0 Å². The second kappa shape index (κ2) is 9.57. The van der Waals surface area contributed by atoms with Gasteiger partial charge in [0.1, 0.15) is 23.3 Å². The monoisotopic (exact) mass is 457 g/mol. The Morgan fingerprint density at radius 2 is 1.88 bits per heavy atom. The number of carbonyl (C=O) groups is 1. The number of carbonyl (C=O) groups excluding carboxylic acids is 1. The molecular formula is C27H27N3O4. The predicted octanol–water partition coefficient (Wildman–Crippen LogP) is 4.46. The van der Waals surface area contributed by atoms with Gasteiger partial charge in [-0.05, 0) is 71.7 Å². The van der Waals surface area contributed by atoms with Gasteiger partial charge in [-0.3, -0.25) is 9.69 Å². The first-order valence-electron chi connectivity index (χ1n) is 11.4. The third kappa shape index (κ3) is 4.61. The van der Waals surface area contributed by atoms with Crippen LogP contribution in [0.1, 0.15) is 35.8 Å². The van der Waals surface area contributed by atoms with E-state index in [9.17, 15) is 9.90 Å². The van der Waals surface area contributed by atoms with Gasteiger partial charge in [0.25, 0.3) is 5.91 Å². The van der Waals surface area contributed by atoms with E-state index in [-0.39, 0.29) is 24.2 Å². The molecule has 2 aliphatic rings. The number of rotatable bonds is 6. The number of phenolic OH excluding ortho intramolecular Hbond substituents is 1. The summed E-state index contributed by atoms with van der Waals surface area (Å²) in [4.78, 5) is 15.5. The van der Waals surface area contributed by atoms with Gasteiger partial charge >= 0.3 is 0 Å². The molecule has 174 valence electrons. The Bertz CT molecular complexity index is 1200. The number of amides is 1. The Morgan fingerprint density at radius 1 is 1.12 bits per heavy atom. The smallest absolute Gasteiger partial charge is 0.257 e. The summed E-state index contributed by atoms with van der Waals surface area (Å²) in [6.45, 7) is 1.76. The van der Waals surface area contributed by atoms with Crippen molar-refractivity contribution in [3.63, 3.8) is 0 Å². The lowest BCUT2D eigenvalue weighted by Crippen LogP contribution is -2.39.